The molecule has 0 amide bonds. The number of anilines is 1. The van der Waals surface area contributed by atoms with Gasteiger partial charge in [-0.1, -0.05) is 13.8 Å². The summed E-state index contributed by atoms with van der Waals surface area (Å²) in [7, 11) is 0. The number of rotatable bonds is 1. The van der Waals surface area contributed by atoms with Crippen LogP contribution in [-0.2, 0) is 0 Å². The van der Waals surface area contributed by atoms with Gasteiger partial charge in [-0.3, -0.25) is 0 Å². The molecule has 1 aliphatic rings. The van der Waals surface area contributed by atoms with Crippen LogP contribution in [0.3, 0.4) is 0 Å². The molecule has 0 radical (unpaired) electrons. The minimum atomic E-state index is 0.343. The maximum atomic E-state index is 5.40. The lowest BCUT2D eigenvalue weighted by Crippen LogP contribution is -2.19. The van der Waals surface area contributed by atoms with Crippen LogP contribution in [0.2, 0.25) is 0 Å². The van der Waals surface area contributed by atoms with Crippen molar-refractivity contribution in [1.29, 1.82) is 0 Å². The first-order valence-electron chi connectivity index (χ1n) is 4.51. The van der Waals surface area contributed by atoms with Crippen LogP contribution >= 0.6 is 0 Å². The maximum Gasteiger partial charge on any atom is 0.240 e. The SMILES string of the molecule is CC(C)c1ncc2c(n1)OCCN2. The Kier molecular flexibility index (Phi) is 2.04. The monoisotopic (exact) mass is 179 g/mol. The Labute approximate surface area is 77.4 Å². The van der Waals surface area contributed by atoms with Gasteiger partial charge >= 0.3 is 0 Å². The lowest BCUT2D eigenvalue weighted by Gasteiger charge is -2.18. The molecule has 1 aromatic rings. The van der Waals surface area contributed by atoms with Crippen LogP contribution < -0.4 is 10.1 Å². The lowest BCUT2D eigenvalue weighted by molar-refractivity contribution is 0.308. The molecule has 1 aliphatic heterocycles. The van der Waals surface area contributed by atoms with E-state index in [1.165, 1.54) is 0 Å². The number of hydrogen-bond donors (Lipinski definition) is 1. The van der Waals surface area contributed by atoms with E-state index in [9.17, 15) is 0 Å². The minimum absolute atomic E-state index is 0.343. The Morgan fingerprint density at radius 2 is 2.38 bits per heavy atom. The Hall–Kier alpha value is -1.32. The quantitative estimate of drug-likeness (QED) is 0.708. The van der Waals surface area contributed by atoms with Gasteiger partial charge < -0.3 is 10.1 Å². The lowest BCUT2D eigenvalue weighted by atomic mass is 10.2. The first-order valence-corrected chi connectivity index (χ1v) is 4.51. The fourth-order valence-electron chi connectivity index (χ4n) is 1.22. The van der Waals surface area contributed by atoms with Gasteiger partial charge in [0.15, 0.2) is 0 Å². The van der Waals surface area contributed by atoms with Crippen molar-refractivity contribution in [2.75, 3.05) is 18.5 Å². The van der Waals surface area contributed by atoms with Crippen LogP contribution in [0.1, 0.15) is 25.6 Å². The first-order chi connectivity index (χ1) is 6.27. The summed E-state index contributed by atoms with van der Waals surface area (Å²) in [6, 6.07) is 0. The van der Waals surface area contributed by atoms with Gasteiger partial charge in [-0.15, -0.1) is 0 Å². The fourth-order valence-corrected chi connectivity index (χ4v) is 1.22. The molecule has 0 unspecified atom stereocenters. The van der Waals surface area contributed by atoms with E-state index >= 15 is 0 Å². The summed E-state index contributed by atoms with van der Waals surface area (Å²) in [6.45, 7) is 5.65. The maximum absolute atomic E-state index is 5.40. The van der Waals surface area contributed by atoms with E-state index in [0.717, 1.165) is 18.1 Å². The molecule has 0 spiro atoms. The molecule has 0 aliphatic carbocycles. The summed E-state index contributed by atoms with van der Waals surface area (Å²) < 4.78 is 5.40. The predicted molar refractivity (Wildman–Crippen MR) is 50.1 cm³/mol. The zero-order valence-corrected chi connectivity index (χ0v) is 7.87. The van der Waals surface area contributed by atoms with Crippen LogP contribution in [0.25, 0.3) is 0 Å². The minimum Gasteiger partial charge on any atom is -0.474 e. The molecule has 0 saturated heterocycles. The topological polar surface area (TPSA) is 47.0 Å². The molecule has 0 atom stereocenters. The van der Waals surface area contributed by atoms with Gasteiger partial charge in [0.25, 0.3) is 0 Å². The molecule has 2 rings (SSSR count). The number of nitrogens with zero attached hydrogens (tertiary/aromatic N) is 2. The van der Waals surface area contributed by atoms with Crippen LogP contribution in [0.5, 0.6) is 5.88 Å². The smallest absolute Gasteiger partial charge is 0.240 e. The predicted octanol–water partition coefficient (Wildman–Crippen LogP) is 1.40. The molecule has 0 aromatic carbocycles. The van der Waals surface area contributed by atoms with Crippen molar-refractivity contribution < 1.29 is 4.74 Å². The highest BCUT2D eigenvalue weighted by atomic mass is 16.5. The van der Waals surface area contributed by atoms with Crippen LogP contribution in [0, 0.1) is 0 Å². The molecular formula is C9H13N3O. The average Bonchev–Trinajstić information content (AvgIpc) is 2.17. The first kappa shape index (κ1) is 8.29. The summed E-state index contributed by atoms with van der Waals surface area (Å²) in [5.41, 5.74) is 0.899. The van der Waals surface area contributed by atoms with Gasteiger partial charge in [0, 0.05) is 12.5 Å². The molecule has 1 aromatic heterocycles. The molecule has 13 heavy (non-hydrogen) atoms. The molecule has 0 saturated carbocycles. The third-order valence-corrected chi connectivity index (χ3v) is 1.95. The largest absolute Gasteiger partial charge is 0.474 e. The fraction of sp³-hybridized carbons (Fsp3) is 0.556. The Balaban J connectivity index is 2.35. The Bertz CT molecular complexity index is 312. The molecule has 0 bridgehead atoms. The van der Waals surface area contributed by atoms with Gasteiger partial charge in [0.2, 0.25) is 5.88 Å². The Morgan fingerprint density at radius 1 is 1.54 bits per heavy atom. The van der Waals surface area contributed by atoms with Crippen molar-refractivity contribution >= 4 is 5.69 Å². The van der Waals surface area contributed by atoms with Gasteiger partial charge in [-0.2, -0.15) is 4.98 Å². The van der Waals surface area contributed by atoms with Crippen LogP contribution in [-0.4, -0.2) is 23.1 Å². The summed E-state index contributed by atoms with van der Waals surface area (Å²) >= 11 is 0. The van der Waals surface area contributed by atoms with Gasteiger partial charge in [-0.25, -0.2) is 4.98 Å². The van der Waals surface area contributed by atoms with E-state index in [-0.39, 0.29) is 0 Å². The van der Waals surface area contributed by atoms with Crippen molar-refractivity contribution in [3.8, 4) is 5.88 Å². The second-order valence-corrected chi connectivity index (χ2v) is 3.38. The summed E-state index contributed by atoms with van der Waals surface area (Å²) in [4.78, 5) is 8.55. The third kappa shape index (κ3) is 1.56. The normalized spacial score (nSPS) is 14.7. The van der Waals surface area contributed by atoms with E-state index in [1.54, 1.807) is 6.20 Å². The summed E-state index contributed by atoms with van der Waals surface area (Å²) in [5.74, 6) is 1.86. The van der Waals surface area contributed by atoms with Gasteiger partial charge in [0.05, 0.1) is 6.20 Å². The van der Waals surface area contributed by atoms with Gasteiger partial charge in [-0.05, 0) is 0 Å². The van der Waals surface area contributed by atoms with Crippen LogP contribution in [0.4, 0.5) is 5.69 Å². The average molecular weight is 179 g/mol. The number of hydrogen-bond acceptors (Lipinski definition) is 4. The molecule has 4 heteroatoms. The molecule has 0 fully saturated rings. The number of nitrogens with one attached hydrogen (secondary N) is 1. The standard InChI is InChI=1S/C9H13N3O/c1-6(2)8-11-5-7-9(12-8)13-4-3-10-7/h5-6,10H,3-4H2,1-2H3. The second kappa shape index (κ2) is 3.20. The van der Waals surface area contributed by atoms with E-state index < -0.39 is 0 Å². The third-order valence-electron chi connectivity index (χ3n) is 1.95. The van der Waals surface area contributed by atoms with Crippen molar-refractivity contribution in [2.24, 2.45) is 0 Å². The van der Waals surface area contributed by atoms with E-state index in [1.807, 2.05) is 0 Å². The molecule has 4 nitrogen and oxygen atoms in total. The number of fused-ring (bicyclic) bond motifs is 1. The Morgan fingerprint density at radius 3 is 3.15 bits per heavy atom. The summed E-state index contributed by atoms with van der Waals surface area (Å²) in [6.07, 6.45) is 1.79. The highest BCUT2D eigenvalue weighted by Gasteiger charge is 2.13. The number of aromatic nitrogens is 2. The number of ether oxygens (including phenoxy) is 1. The van der Waals surface area contributed by atoms with E-state index in [0.29, 0.717) is 18.4 Å². The molecule has 2 heterocycles. The van der Waals surface area contributed by atoms with E-state index in [4.69, 9.17) is 4.74 Å². The van der Waals surface area contributed by atoms with Crippen LogP contribution in [0.15, 0.2) is 6.20 Å². The van der Waals surface area contributed by atoms with Crippen molar-refractivity contribution in [3.05, 3.63) is 12.0 Å². The van der Waals surface area contributed by atoms with Gasteiger partial charge in [0.1, 0.15) is 18.1 Å². The molecular weight excluding hydrogens is 166 g/mol. The zero-order chi connectivity index (χ0) is 9.26. The zero-order valence-electron chi connectivity index (χ0n) is 7.87. The second-order valence-electron chi connectivity index (χ2n) is 3.38. The highest BCUT2D eigenvalue weighted by molar-refractivity contribution is 5.52. The van der Waals surface area contributed by atoms with E-state index in [2.05, 4.69) is 29.1 Å². The molecule has 70 valence electrons. The van der Waals surface area contributed by atoms with Crippen molar-refractivity contribution in [1.82, 2.24) is 9.97 Å². The summed E-state index contributed by atoms with van der Waals surface area (Å²) in [5, 5.41) is 3.18. The van der Waals surface area contributed by atoms with Crippen molar-refractivity contribution in [3.63, 3.8) is 0 Å². The highest BCUT2D eigenvalue weighted by Crippen LogP contribution is 2.24. The molecule has 1 N–H and O–H groups in total. The van der Waals surface area contributed by atoms with Crippen molar-refractivity contribution in [2.45, 2.75) is 19.8 Å².